The molecule has 0 radical (unpaired) electrons. The van der Waals surface area contributed by atoms with Crippen LogP contribution in [0.25, 0.3) is 10.9 Å². The second kappa shape index (κ2) is 11.0. The predicted molar refractivity (Wildman–Crippen MR) is 114 cm³/mol. The summed E-state index contributed by atoms with van der Waals surface area (Å²) in [5.74, 6) is 0.933. The van der Waals surface area contributed by atoms with Crippen molar-refractivity contribution in [2.24, 2.45) is 4.99 Å². The molecule has 1 N–H and O–H groups in total. The Bertz CT molecular complexity index is 664. The van der Waals surface area contributed by atoms with Crippen LogP contribution in [-0.4, -0.2) is 43.0 Å². The Morgan fingerprint density at radius 2 is 2.12 bits per heavy atom. The number of guanidine groups is 1. The van der Waals surface area contributed by atoms with E-state index in [2.05, 4.69) is 58.1 Å². The van der Waals surface area contributed by atoms with Crippen molar-refractivity contribution in [2.75, 3.05) is 27.2 Å². The molecule has 0 saturated carbocycles. The molecule has 5 heteroatoms. The first kappa shape index (κ1) is 20.4. The van der Waals surface area contributed by atoms with Gasteiger partial charge in [-0.15, -0.1) is 30.6 Å². The normalized spacial score (nSPS) is 11.0. The lowest BCUT2D eigenvalue weighted by Gasteiger charge is -2.22. The van der Waals surface area contributed by atoms with Gasteiger partial charge in [-0.1, -0.05) is 30.3 Å². The van der Waals surface area contributed by atoms with Crippen molar-refractivity contribution >= 4 is 40.8 Å². The lowest BCUT2D eigenvalue weighted by molar-refractivity contribution is 0.470. The van der Waals surface area contributed by atoms with Crippen molar-refractivity contribution in [1.82, 2.24) is 15.2 Å². The van der Waals surface area contributed by atoms with Crippen molar-refractivity contribution in [3.05, 3.63) is 54.7 Å². The minimum Gasteiger partial charge on any atom is -0.356 e. The van der Waals surface area contributed by atoms with Crippen molar-refractivity contribution in [3.63, 3.8) is 0 Å². The molecular formula is C19H27IN4. The number of halogens is 1. The smallest absolute Gasteiger partial charge is 0.193 e. The number of hydrogen-bond acceptors (Lipinski definition) is 2. The third-order valence-corrected chi connectivity index (χ3v) is 3.87. The van der Waals surface area contributed by atoms with Gasteiger partial charge in [-0.2, -0.15) is 0 Å². The molecule has 4 nitrogen and oxygen atoms in total. The zero-order valence-corrected chi connectivity index (χ0v) is 16.9. The van der Waals surface area contributed by atoms with Crippen LogP contribution in [0, 0.1) is 0 Å². The maximum absolute atomic E-state index is 4.51. The molecule has 0 fully saturated rings. The molecule has 2 aromatic rings. The summed E-state index contributed by atoms with van der Waals surface area (Å²) in [5, 5.41) is 4.62. The third kappa shape index (κ3) is 5.78. The Labute approximate surface area is 162 Å². The number of pyridine rings is 1. The van der Waals surface area contributed by atoms with E-state index in [1.807, 2.05) is 25.4 Å². The highest BCUT2D eigenvalue weighted by molar-refractivity contribution is 14.0. The van der Waals surface area contributed by atoms with Crippen LogP contribution < -0.4 is 5.32 Å². The molecule has 0 aliphatic carbocycles. The van der Waals surface area contributed by atoms with Gasteiger partial charge in [0.15, 0.2) is 5.96 Å². The Morgan fingerprint density at radius 3 is 2.88 bits per heavy atom. The molecule has 0 saturated heterocycles. The zero-order valence-electron chi connectivity index (χ0n) is 14.5. The number of rotatable bonds is 7. The first-order valence-corrected chi connectivity index (χ1v) is 8.11. The summed E-state index contributed by atoms with van der Waals surface area (Å²) < 4.78 is 0. The monoisotopic (exact) mass is 438 g/mol. The highest BCUT2D eigenvalue weighted by Crippen LogP contribution is 2.15. The summed E-state index contributed by atoms with van der Waals surface area (Å²) in [4.78, 5) is 11.0. The standard InChI is InChI=1S/C19H26N4.HI/c1-4-5-6-15-23(3)19(20-2)22-14-12-17-10-7-9-16-11-8-13-21-18(16)17;/h4,7-11,13H,1,5-6,12,14-15H2,2-3H3,(H,20,22);1H. The lowest BCUT2D eigenvalue weighted by atomic mass is 10.1. The van der Waals surface area contributed by atoms with E-state index in [4.69, 9.17) is 0 Å². The van der Waals surface area contributed by atoms with E-state index < -0.39 is 0 Å². The quantitative estimate of drug-likeness (QED) is 0.235. The van der Waals surface area contributed by atoms with Crippen LogP contribution in [0.5, 0.6) is 0 Å². The van der Waals surface area contributed by atoms with E-state index in [0.717, 1.165) is 43.8 Å². The van der Waals surface area contributed by atoms with E-state index in [9.17, 15) is 0 Å². The molecule has 0 unspecified atom stereocenters. The van der Waals surface area contributed by atoms with E-state index >= 15 is 0 Å². The second-order valence-electron chi connectivity index (χ2n) is 5.57. The Morgan fingerprint density at radius 1 is 1.33 bits per heavy atom. The Hall–Kier alpha value is -1.63. The minimum absolute atomic E-state index is 0. The van der Waals surface area contributed by atoms with Crippen LogP contribution in [0.15, 0.2) is 54.2 Å². The van der Waals surface area contributed by atoms with Gasteiger partial charge in [0.05, 0.1) is 5.52 Å². The van der Waals surface area contributed by atoms with Crippen LogP contribution in [0.4, 0.5) is 0 Å². The summed E-state index contributed by atoms with van der Waals surface area (Å²) in [6.45, 7) is 5.58. The van der Waals surface area contributed by atoms with Crippen molar-refractivity contribution in [3.8, 4) is 0 Å². The summed E-state index contributed by atoms with van der Waals surface area (Å²) >= 11 is 0. The summed E-state index contributed by atoms with van der Waals surface area (Å²) in [6, 6.07) is 10.4. The van der Waals surface area contributed by atoms with Gasteiger partial charge in [0, 0.05) is 38.8 Å². The fraction of sp³-hybridized carbons (Fsp3) is 0.368. The zero-order chi connectivity index (χ0) is 16.5. The molecule has 1 heterocycles. The van der Waals surface area contributed by atoms with Gasteiger partial charge >= 0.3 is 0 Å². The summed E-state index contributed by atoms with van der Waals surface area (Å²) in [6.07, 6.45) is 6.86. The number of fused-ring (bicyclic) bond motifs is 1. The average molecular weight is 438 g/mol. The summed E-state index contributed by atoms with van der Waals surface area (Å²) in [7, 11) is 3.89. The van der Waals surface area contributed by atoms with E-state index in [1.54, 1.807) is 0 Å². The number of unbranched alkanes of at least 4 members (excludes halogenated alkanes) is 1. The number of nitrogens with one attached hydrogen (secondary N) is 1. The molecule has 0 atom stereocenters. The molecular weight excluding hydrogens is 411 g/mol. The van der Waals surface area contributed by atoms with Gasteiger partial charge in [-0.3, -0.25) is 9.98 Å². The van der Waals surface area contributed by atoms with Crippen LogP contribution in [0.3, 0.4) is 0 Å². The van der Waals surface area contributed by atoms with E-state index in [1.165, 1.54) is 10.9 Å². The molecule has 0 amide bonds. The predicted octanol–water partition coefficient (Wildman–Crippen LogP) is 3.87. The maximum Gasteiger partial charge on any atom is 0.193 e. The van der Waals surface area contributed by atoms with E-state index in [-0.39, 0.29) is 24.0 Å². The van der Waals surface area contributed by atoms with Crippen molar-refractivity contribution < 1.29 is 0 Å². The molecule has 130 valence electrons. The van der Waals surface area contributed by atoms with Gasteiger partial charge in [-0.05, 0) is 30.9 Å². The number of aromatic nitrogens is 1. The summed E-state index contributed by atoms with van der Waals surface area (Å²) in [5.41, 5.74) is 2.35. The molecule has 2 rings (SSSR count). The minimum atomic E-state index is 0. The highest BCUT2D eigenvalue weighted by Gasteiger charge is 2.06. The molecule has 0 spiro atoms. The van der Waals surface area contributed by atoms with Gasteiger partial charge in [-0.25, -0.2) is 0 Å². The number of benzene rings is 1. The van der Waals surface area contributed by atoms with E-state index in [0.29, 0.717) is 0 Å². The first-order chi connectivity index (χ1) is 11.3. The van der Waals surface area contributed by atoms with Crippen LogP contribution >= 0.6 is 24.0 Å². The number of nitrogens with zero attached hydrogens (tertiary/aromatic N) is 3. The Balaban J connectivity index is 0.00000288. The molecule has 1 aromatic heterocycles. The molecule has 0 bridgehead atoms. The number of allylic oxidation sites excluding steroid dienone is 1. The number of hydrogen-bond donors (Lipinski definition) is 1. The SMILES string of the molecule is C=CCCCN(C)C(=NC)NCCc1cccc2cccnc12.I. The second-order valence-corrected chi connectivity index (χ2v) is 5.57. The topological polar surface area (TPSA) is 40.5 Å². The number of aliphatic imine (C=N–C) groups is 1. The fourth-order valence-corrected chi connectivity index (χ4v) is 2.64. The molecule has 1 aromatic carbocycles. The average Bonchev–Trinajstić information content (AvgIpc) is 2.59. The highest BCUT2D eigenvalue weighted by atomic mass is 127. The van der Waals surface area contributed by atoms with Crippen LogP contribution in [-0.2, 0) is 6.42 Å². The lowest BCUT2D eigenvalue weighted by Crippen LogP contribution is -2.40. The van der Waals surface area contributed by atoms with Crippen LogP contribution in [0.1, 0.15) is 18.4 Å². The maximum atomic E-state index is 4.51. The van der Waals surface area contributed by atoms with Crippen molar-refractivity contribution in [1.29, 1.82) is 0 Å². The van der Waals surface area contributed by atoms with Gasteiger partial charge in [0.2, 0.25) is 0 Å². The fourth-order valence-electron chi connectivity index (χ4n) is 2.64. The van der Waals surface area contributed by atoms with Gasteiger partial charge in [0.1, 0.15) is 0 Å². The third-order valence-electron chi connectivity index (χ3n) is 3.87. The largest absolute Gasteiger partial charge is 0.356 e. The number of para-hydroxylation sites is 1. The Kier molecular flexibility index (Phi) is 9.37. The molecule has 0 aliphatic rings. The van der Waals surface area contributed by atoms with Crippen molar-refractivity contribution in [2.45, 2.75) is 19.3 Å². The van der Waals surface area contributed by atoms with Gasteiger partial charge in [0.25, 0.3) is 0 Å². The first-order valence-electron chi connectivity index (χ1n) is 8.11. The van der Waals surface area contributed by atoms with Gasteiger partial charge < -0.3 is 10.2 Å². The van der Waals surface area contributed by atoms with Crippen LogP contribution in [0.2, 0.25) is 0 Å². The molecule has 24 heavy (non-hydrogen) atoms. The molecule has 0 aliphatic heterocycles.